The summed E-state index contributed by atoms with van der Waals surface area (Å²) in [6.45, 7) is 0. The van der Waals surface area contributed by atoms with E-state index in [4.69, 9.17) is 0 Å². The minimum Gasteiger partial charge on any atom is -0.216 e. The Kier molecular flexibility index (Phi) is 7.02. The Morgan fingerprint density at radius 1 is 0.571 bits per heavy atom. The van der Waals surface area contributed by atoms with Gasteiger partial charge in [0.1, 0.15) is 0 Å². The van der Waals surface area contributed by atoms with Crippen LogP contribution >= 0.6 is 0 Å². The van der Waals surface area contributed by atoms with Crippen molar-refractivity contribution in [3.63, 3.8) is 0 Å². The maximum absolute atomic E-state index is 10.7. The average molecular weight is 228 g/mol. The van der Waals surface area contributed by atoms with Crippen molar-refractivity contribution in [2.75, 3.05) is 0 Å². The fourth-order valence-electron chi connectivity index (χ4n) is 0.143. The second-order valence-corrected chi connectivity index (χ2v) is 1.67. The van der Waals surface area contributed by atoms with Gasteiger partial charge in [0.15, 0.2) is 0 Å². The molecule has 0 N–H and O–H groups in total. The Morgan fingerprint density at radius 3 is 0.786 bits per heavy atom. The zero-order valence-corrected chi connectivity index (χ0v) is 6.33. The minimum atomic E-state index is -4.51. The monoisotopic (exact) mass is 228 g/mol. The first kappa shape index (κ1) is 15.4. The summed E-state index contributed by atoms with van der Waals surface area (Å²) in [6.07, 6.45) is -11.1. The first-order valence-corrected chi connectivity index (χ1v) is 2.81. The van der Waals surface area contributed by atoms with Crippen molar-refractivity contribution in [2.45, 2.75) is 12.4 Å². The van der Waals surface area contributed by atoms with E-state index in [2.05, 4.69) is 0 Å². The molecule has 0 radical (unpaired) electrons. The highest BCUT2D eigenvalue weighted by atomic mass is 19.4. The van der Waals surface area contributed by atoms with Gasteiger partial charge in [-0.05, 0) is 0 Å². The van der Waals surface area contributed by atoms with Gasteiger partial charge in [-0.15, -0.1) is 0 Å². The van der Waals surface area contributed by atoms with Gasteiger partial charge in [-0.1, -0.05) is 0 Å². The van der Waals surface area contributed by atoms with Gasteiger partial charge in [-0.25, -0.2) is 8.78 Å². The Hall–Kier alpha value is -1.08. The lowest BCUT2D eigenvalue weighted by Crippen LogP contribution is -1.99. The third-order valence-corrected chi connectivity index (χ3v) is 0.504. The van der Waals surface area contributed by atoms with E-state index < -0.39 is 37.2 Å². The molecule has 0 rings (SSSR count). The highest BCUT2D eigenvalue weighted by Crippen LogP contribution is 2.15. The molecule has 0 amide bonds. The molecule has 0 aliphatic rings. The van der Waals surface area contributed by atoms with Crippen LogP contribution in [0.3, 0.4) is 0 Å². The van der Waals surface area contributed by atoms with E-state index in [1.165, 1.54) is 0 Å². The van der Waals surface area contributed by atoms with E-state index in [1.54, 1.807) is 0 Å². The summed E-state index contributed by atoms with van der Waals surface area (Å²) < 4.78 is 85.6. The van der Waals surface area contributed by atoms with Crippen LogP contribution in [-0.2, 0) is 0 Å². The molecule has 0 aliphatic carbocycles. The van der Waals surface area contributed by atoms with Crippen LogP contribution in [0.15, 0.2) is 24.8 Å². The van der Waals surface area contributed by atoms with Gasteiger partial charge in [0.05, 0.1) is 12.7 Å². The van der Waals surface area contributed by atoms with E-state index in [0.717, 1.165) is 0 Å². The Bertz CT molecular complexity index is 161. The van der Waals surface area contributed by atoms with Crippen molar-refractivity contribution >= 4 is 0 Å². The van der Waals surface area contributed by atoms with Crippen LogP contribution in [0.5, 0.6) is 0 Å². The van der Waals surface area contributed by atoms with Crippen LogP contribution in [0.1, 0.15) is 0 Å². The van der Waals surface area contributed by atoms with Crippen molar-refractivity contribution in [2.24, 2.45) is 0 Å². The van der Waals surface area contributed by atoms with E-state index in [0.29, 0.717) is 0 Å². The first-order chi connectivity index (χ1) is 6.12. The summed E-state index contributed by atoms with van der Waals surface area (Å²) in [4.78, 5) is 0. The summed E-state index contributed by atoms with van der Waals surface area (Å²) in [5, 5.41) is 0. The Balaban J connectivity index is 0. The Morgan fingerprint density at radius 2 is 0.786 bits per heavy atom. The van der Waals surface area contributed by atoms with Crippen LogP contribution in [-0.4, -0.2) is 12.4 Å². The number of hydrogen-bond acceptors (Lipinski definition) is 0. The largest absolute Gasteiger partial charge is 0.411 e. The second kappa shape index (κ2) is 6.39. The molecule has 0 heterocycles. The molecule has 8 heteroatoms. The smallest absolute Gasteiger partial charge is 0.216 e. The molecule has 0 aromatic rings. The lowest BCUT2D eigenvalue weighted by atomic mass is 10.6. The molecule has 0 aliphatic heterocycles. The van der Waals surface area contributed by atoms with Crippen molar-refractivity contribution in [3.8, 4) is 0 Å². The van der Waals surface area contributed by atoms with Gasteiger partial charge in [0.2, 0.25) is 0 Å². The molecule has 0 spiro atoms. The zero-order chi connectivity index (χ0) is 11.8. The van der Waals surface area contributed by atoms with Crippen LogP contribution in [0.4, 0.5) is 35.1 Å². The molecule has 0 aromatic heterocycles. The van der Waals surface area contributed by atoms with E-state index in [9.17, 15) is 35.1 Å². The van der Waals surface area contributed by atoms with Gasteiger partial charge >= 0.3 is 12.4 Å². The molecule has 0 unspecified atom stereocenters. The van der Waals surface area contributed by atoms with Gasteiger partial charge < -0.3 is 0 Å². The second-order valence-electron chi connectivity index (χ2n) is 1.67. The van der Waals surface area contributed by atoms with Crippen molar-refractivity contribution in [1.29, 1.82) is 0 Å². The molecular formula is C6H4F8. The van der Waals surface area contributed by atoms with E-state index in [1.807, 2.05) is 0 Å². The fourth-order valence-corrected chi connectivity index (χ4v) is 0.143. The van der Waals surface area contributed by atoms with Gasteiger partial charge in [0, 0.05) is 12.2 Å². The molecule has 0 fully saturated rings. The highest BCUT2D eigenvalue weighted by Gasteiger charge is 2.22. The van der Waals surface area contributed by atoms with Crippen LogP contribution in [0.25, 0.3) is 0 Å². The third-order valence-electron chi connectivity index (χ3n) is 0.504. The number of allylic oxidation sites excluding steroid dienone is 2. The highest BCUT2D eigenvalue weighted by molar-refractivity contribution is 4.81. The summed E-state index contributed by atoms with van der Waals surface area (Å²) in [5.74, 6) is 0. The number of alkyl halides is 6. The molecule has 0 saturated heterocycles. The number of halogens is 8. The molecule has 0 atom stereocenters. The minimum absolute atomic E-state index is 0.479. The maximum Gasteiger partial charge on any atom is 0.411 e. The zero-order valence-electron chi connectivity index (χ0n) is 6.33. The lowest BCUT2D eigenvalue weighted by Gasteiger charge is -1.92. The van der Waals surface area contributed by atoms with Crippen molar-refractivity contribution < 1.29 is 35.1 Å². The Labute approximate surface area is 73.5 Å². The molecule has 0 bridgehead atoms. The fraction of sp³-hybridized carbons (Fsp3) is 0.333. The third kappa shape index (κ3) is 22.4. The molecule has 0 nitrogen and oxygen atoms in total. The van der Waals surface area contributed by atoms with Gasteiger partial charge in [-0.2, -0.15) is 26.3 Å². The molecule has 0 saturated carbocycles. The van der Waals surface area contributed by atoms with E-state index in [-0.39, 0.29) is 0 Å². The summed E-state index contributed by atoms with van der Waals surface area (Å²) in [6, 6.07) is 0. The predicted octanol–water partition coefficient (Wildman–Crippen LogP) is 4.06. The van der Waals surface area contributed by atoms with Crippen molar-refractivity contribution in [1.82, 2.24) is 0 Å². The lowest BCUT2D eigenvalue weighted by molar-refractivity contribution is -0.0815. The van der Waals surface area contributed by atoms with Crippen LogP contribution in [0, 0.1) is 0 Å². The number of hydrogen-bond donors (Lipinski definition) is 0. The molecule has 0 aromatic carbocycles. The maximum atomic E-state index is 10.7. The van der Waals surface area contributed by atoms with Gasteiger partial charge in [0.25, 0.3) is 0 Å². The van der Waals surface area contributed by atoms with Gasteiger partial charge in [-0.3, -0.25) is 0 Å². The van der Waals surface area contributed by atoms with Crippen LogP contribution in [0.2, 0.25) is 0 Å². The number of rotatable bonds is 0. The summed E-state index contributed by atoms with van der Waals surface area (Å²) >= 11 is 0. The SMILES string of the molecule is F/C=C/C(F)(F)F.FC=CC(F)(F)F. The molecular weight excluding hydrogens is 224 g/mol. The molecule has 14 heavy (non-hydrogen) atoms. The van der Waals surface area contributed by atoms with Crippen molar-refractivity contribution in [3.05, 3.63) is 24.8 Å². The van der Waals surface area contributed by atoms with Crippen LogP contribution < -0.4 is 0 Å². The summed E-state index contributed by atoms with van der Waals surface area (Å²) in [5.41, 5.74) is 0. The average Bonchev–Trinajstić information content (AvgIpc) is 1.81. The topological polar surface area (TPSA) is 0 Å². The predicted molar refractivity (Wildman–Crippen MR) is 32.6 cm³/mol. The molecule has 84 valence electrons. The normalized spacial score (nSPS) is 13.1. The quantitative estimate of drug-likeness (QED) is 0.548. The summed E-state index contributed by atoms with van der Waals surface area (Å²) in [7, 11) is 0. The standard InChI is InChI=1S/2C3H2F4/c2*4-2-1-3(5,6)7/h2*1-2H/b2-1+;. The van der Waals surface area contributed by atoms with E-state index >= 15 is 0 Å². The first-order valence-electron chi connectivity index (χ1n) is 2.81.